The maximum atomic E-state index is 12.7. The molecular weight excluding hydrogens is 466 g/mol. The average molecular weight is 494 g/mol. The quantitative estimate of drug-likeness (QED) is 0.312. The summed E-state index contributed by atoms with van der Waals surface area (Å²) in [5.74, 6) is 0.108. The number of rotatable bonds is 10. The molecule has 0 aliphatic carbocycles. The summed E-state index contributed by atoms with van der Waals surface area (Å²) in [7, 11) is 1.56. The van der Waals surface area contributed by atoms with E-state index in [0.29, 0.717) is 34.3 Å². The molecule has 0 saturated heterocycles. The summed E-state index contributed by atoms with van der Waals surface area (Å²) in [5, 5.41) is 7.09. The number of hydrogen-bond acceptors (Lipinski definition) is 5. The van der Waals surface area contributed by atoms with Crippen molar-refractivity contribution in [1.82, 2.24) is 10.7 Å². The van der Waals surface area contributed by atoms with E-state index in [1.807, 2.05) is 44.2 Å². The molecule has 0 aliphatic heterocycles. The highest BCUT2D eigenvalue weighted by Gasteiger charge is 2.25. The van der Waals surface area contributed by atoms with Crippen LogP contribution in [0.25, 0.3) is 0 Å². The molecule has 8 heteroatoms. The molecule has 1 atom stereocenters. The number of nitrogens with zero attached hydrogens (tertiary/aromatic N) is 1. The van der Waals surface area contributed by atoms with Gasteiger partial charge < -0.3 is 14.8 Å². The van der Waals surface area contributed by atoms with Crippen molar-refractivity contribution < 1.29 is 19.1 Å². The van der Waals surface area contributed by atoms with E-state index in [-0.39, 0.29) is 5.92 Å². The fourth-order valence-electron chi connectivity index (χ4n) is 3.26. The third kappa shape index (κ3) is 7.32. The van der Waals surface area contributed by atoms with Crippen molar-refractivity contribution >= 4 is 29.6 Å². The first-order valence-electron chi connectivity index (χ1n) is 11.1. The van der Waals surface area contributed by atoms with Gasteiger partial charge in [-0.05, 0) is 47.4 Å². The second-order valence-electron chi connectivity index (χ2n) is 8.09. The minimum Gasteiger partial charge on any atom is -0.493 e. The average Bonchev–Trinajstić information content (AvgIpc) is 2.86. The Bertz CT molecular complexity index is 1180. The zero-order valence-electron chi connectivity index (χ0n) is 19.8. The molecular formula is C27H28ClN3O4. The number of amides is 2. The highest BCUT2D eigenvalue weighted by atomic mass is 35.5. The Hall–Kier alpha value is -3.84. The highest BCUT2D eigenvalue weighted by Crippen LogP contribution is 2.28. The molecule has 182 valence electrons. The summed E-state index contributed by atoms with van der Waals surface area (Å²) in [6.45, 7) is 4.08. The van der Waals surface area contributed by atoms with Crippen molar-refractivity contribution in [3.8, 4) is 11.5 Å². The zero-order chi connectivity index (χ0) is 25.2. The van der Waals surface area contributed by atoms with Crippen LogP contribution in [-0.4, -0.2) is 31.2 Å². The van der Waals surface area contributed by atoms with Crippen molar-refractivity contribution in [2.45, 2.75) is 26.5 Å². The molecule has 1 unspecified atom stereocenters. The van der Waals surface area contributed by atoms with Gasteiger partial charge in [0.1, 0.15) is 12.6 Å². The van der Waals surface area contributed by atoms with Crippen LogP contribution in [-0.2, 0) is 11.4 Å². The molecule has 0 spiro atoms. The summed E-state index contributed by atoms with van der Waals surface area (Å²) >= 11 is 6.10. The van der Waals surface area contributed by atoms with Crippen LogP contribution in [0.1, 0.15) is 35.3 Å². The lowest BCUT2D eigenvalue weighted by Gasteiger charge is -2.20. The summed E-state index contributed by atoms with van der Waals surface area (Å²) in [4.78, 5) is 25.3. The normalized spacial score (nSPS) is 11.8. The lowest BCUT2D eigenvalue weighted by Crippen LogP contribution is -2.48. The van der Waals surface area contributed by atoms with E-state index in [9.17, 15) is 9.59 Å². The van der Waals surface area contributed by atoms with Crippen LogP contribution in [0.2, 0.25) is 5.02 Å². The molecule has 0 bridgehead atoms. The van der Waals surface area contributed by atoms with E-state index >= 15 is 0 Å². The maximum Gasteiger partial charge on any atom is 0.262 e. The number of carbonyl (C=O) groups is 2. The lowest BCUT2D eigenvalue weighted by atomic mass is 10.0. The van der Waals surface area contributed by atoms with E-state index in [1.165, 1.54) is 6.21 Å². The van der Waals surface area contributed by atoms with Crippen molar-refractivity contribution in [3.05, 3.63) is 94.5 Å². The number of hydrazone groups is 1. The van der Waals surface area contributed by atoms with Gasteiger partial charge >= 0.3 is 0 Å². The first kappa shape index (κ1) is 25.8. The zero-order valence-corrected chi connectivity index (χ0v) is 20.6. The molecule has 0 aliphatic rings. The van der Waals surface area contributed by atoms with E-state index < -0.39 is 17.9 Å². The second-order valence-corrected chi connectivity index (χ2v) is 8.50. The number of hydrogen-bond donors (Lipinski definition) is 2. The smallest absolute Gasteiger partial charge is 0.262 e. The molecule has 2 N–H and O–H groups in total. The van der Waals surface area contributed by atoms with Crippen molar-refractivity contribution in [2.75, 3.05) is 7.11 Å². The monoisotopic (exact) mass is 493 g/mol. The van der Waals surface area contributed by atoms with Crippen LogP contribution >= 0.6 is 11.6 Å². The topological polar surface area (TPSA) is 89.0 Å². The van der Waals surface area contributed by atoms with Gasteiger partial charge in [-0.25, -0.2) is 5.43 Å². The second kappa shape index (κ2) is 12.6. The van der Waals surface area contributed by atoms with Crippen LogP contribution in [0.4, 0.5) is 0 Å². The van der Waals surface area contributed by atoms with Crippen molar-refractivity contribution in [1.29, 1.82) is 0 Å². The Kier molecular flexibility index (Phi) is 9.26. The Labute approximate surface area is 210 Å². The molecule has 3 aromatic carbocycles. The van der Waals surface area contributed by atoms with E-state index in [4.69, 9.17) is 21.1 Å². The number of ether oxygens (including phenoxy) is 2. The van der Waals surface area contributed by atoms with Gasteiger partial charge in [-0.1, -0.05) is 67.9 Å². The van der Waals surface area contributed by atoms with Crippen LogP contribution < -0.4 is 20.2 Å². The number of methoxy groups -OCH3 is 1. The Morgan fingerprint density at radius 3 is 2.40 bits per heavy atom. The minimum absolute atomic E-state index is 0.169. The third-order valence-corrected chi connectivity index (χ3v) is 5.50. The van der Waals surface area contributed by atoms with Gasteiger partial charge in [-0.3, -0.25) is 9.59 Å². The van der Waals surface area contributed by atoms with Crippen LogP contribution in [0.5, 0.6) is 11.5 Å². The number of nitrogens with one attached hydrogen (secondary N) is 2. The molecule has 7 nitrogen and oxygen atoms in total. The molecule has 0 heterocycles. The first-order chi connectivity index (χ1) is 16.9. The summed E-state index contributed by atoms with van der Waals surface area (Å²) in [6, 6.07) is 21.0. The van der Waals surface area contributed by atoms with Gasteiger partial charge in [0.2, 0.25) is 0 Å². The summed E-state index contributed by atoms with van der Waals surface area (Å²) in [6.07, 6.45) is 1.49. The molecule has 3 aromatic rings. The number of benzene rings is 3. The fourth-order valence-corrected chi connectivity index (χ4v) is 3.48. The minimum atomic E-state index is -0.792. The predicted molar refractivity (Wildman–Crippen MR) is 137 cm³/mol. The van der Waals surface area contributed by atoms with Gasteiger partial charge in [0.05, 0.1) is 23.9 Å². The van der Waals surface area contributed by atoms with Gasteiger partial charge in [0.15, 0.2) is 11.5 Å². The van der Waals surface area contributed by atoms with Gasteiger partial charge in [0.25, 0.3) is 11.8 Å². The first-order valence-corrected chi connectivity index (χ1v) is 11.5. The molecule has 3 rings (SSSR count). The Balaban J connectivity index is 1.61. The standard InChI is InChI=1S/C27H28ClN3O4/c1-18(2)25(30-26(32)21-11-7-8-12-22(21)28)27(33)31-29-16-20-13-14-23(24(15-20)34-3)35-17-19-9-5-4-6-10-19/h4-16,18,25H,17H2,1-3H3,(H,30,32)(H,31,33). The number of halogens is 1. The van der Waals surface area contributed by atoms with Crippen molar-refractivity contribution in [2.24, 2.45) is 11.0 Å². The SMILES string of the molecule is COc1cc(C=NNC(=O)C(NC(=O)c2ccccc2Cl)C(C)C)ccc1OCc1ccccc1. The lowest BCUT2D eigenvalue weighted by molar-refractivity contribution is -0.123. The third-order valence-electron chi connectivity index (χ3n) is 5.17. The van der Waals surface area contributed by atoms with Gasteiger partial charge in [-0.2, -0.15) is 5.10 Å². The largest absolute Gasteiger partial charge is 0.493 e. The van der Waals surface area contributed by atoms with Gasteiger partial charge in [0, 0.05) is 0 Å². The van der Waals surface area contributed by atoms with E-state index in [1.54, 1.807) is 49.6 Å². The molecule has 0 aromatic heterocycles. The van der Waals surface area contributed by atoms with Crippen LogP contribution in [0.15, 0.2) is 77.9 Å². The van der Waals surface area contributed by atoms with E-state index in [2.05, 4.69) is 15.8 Å². The number of carbonyl (C=O) groups excluding carboxylic acids is 2. The highest BCUT2D eigenvalue weighted by molar-refractivity contribution is 6.33. The maximum absolute atomic E-state index is 12.7. The van der Waals surface area contributed by atoms with Crippen LogP contribution in [0, 0.1) is 5.92 Å². The molecule has 35 heavy (non-hydrogen) atoms. The predicted octanol–water partition coefficient (Wildman–Crippen LogP) is 4.83. The summed E-state index contributed by atoms with van der Waals surface area (Å²) < 4.78 is 11.3. The fraction of sp³-hybridized carbons (Fsp3) is 0.222. The Morgan fingerprint density at radius 2 is 1.71 bits per heavy atom. The van der Waals surface area contributed by atoms with Gasteiger partial charge in [-0.15, -0.1) is 0 Å². The Morgan fingerprint density at radius 1 is 1.00 bits per heavy atom. The summed E-state index contributed by atoms with van der Waals surface area (Å²) in [5.41, 5.74) is 4.55. The van der Waals surface area contributed by atoms with Crippen molar-refractivity contribution in [3.63, 3.8) is 0 Å². The molecule has 0 saturated carbocycles. The van der Waals surface area contributed by atoms with E-state index in [0.717, 1.165) is 5.56 Å². The van der Waals surface area contributed by atoms with Crippen LogP contribution in [0.3, 0.4) is 0 Å². The molecule has 2 amide bonds. The molecule has 0 fully saturated rings. The molecule has 0 radical (unpaired) electrons.